The first-order valence-electron chi connectivity index (χ1n) is 5.29. The molecular weight excluding hydrogens is 222 g/mol. The standard InChI is InChI=1S/C11H15N3O3/c1-8(2)7-12-11(15)13-9-5-3-4-6-10(9)14(16)17/h3-6,8H,7H2,1-2H3,(H2,12,13,15). The van der Waals surface area contributed by atoms with Gasteiger partial charge in [0.1, 0.15) is 5.69 Å². The summed E-state index contributed by atoms with van der Waals surface area (Å²) in [6, 6.07) is 5.58. The van der Waals surface area contributed by atoms with Gasteiger partial charge in [-0.3, -0.25) is 10.1 Å². The topological polar surface area (TPSA) is 84.3 Å². The highest BCUT2D eigenvalue weighted by Crippen LogP contribution is 2.22. The first-order chi connectivity index (χ1) is 8.00. The third-order valence-electron chi connectivity index (χ3n) is 2.02. The molecule has 1 aromatic rings. The van der Waals surface area contributed by atoms with Crippen molar-refractivity contribution in [3.63, 3.8) is 0 Å². The number of carbonyl (C=O) groups excluding carboxylic acids is 1. The lowest BCUT2D eigenvalue weighted by Gasteiger charge is -2.09. The lowest BCUT2D eigenvalue weighted by atomic mass is 10.2. The van der Waals surface area contributed by atoms with Crippen LogP contribution in [-0.2, 0) is 0 Å². The van der Waals surface area contributed by atoms with E-state index in [1.807, 2.05) is 13.8 Å². The van der Waals surface area contributed by atoms with Crippen LogP contribution in [0.2, 0.25) is 0 Å². The van der Waals surface area contributed by atoms with Crippen molar-refractivity contribution in [1.29, 1.82) is 0 Å². The molecule has 6 nitrogen and oxygen atoms in total. The summed E-state index contributed by atoms with van der Waals surface area (Å²) >= 11 is 0. The van der Waals surface area contributed by atoms with Gasteiger partial charge in [0.05, 0.1) is 4.92 Å². The summed E-state index contributed by atoms with van der Waals surface area (Å²) in [4.78, 5) is 21.6. The molecule has 17 heavy (non-hydrogen) atoms. The van der Waals surface area contributed by atoms with Crippen LogP contribution in [0.15, 0.2) is 24.3 Å². The van der Waals surface area contributed by atoms with Gasteiger partial charge in [-0.25, -0.2) is 4.79 Å². The molecule has 92 valence electrons. The number of nitro benzene ring substituents is 1. The predicted molar refractivity (Wildman–Crippen MR) is 65.0 cm³/mol. The van der Waals surface area contributed by atoms with Crippen molar-refractivity contribution in [2.75, 3.05) is 11.9 Å². The number of amides is 2. The molecule has 0 spiro atoms. The molecule has 0 aromatic heterocycles. The van der Waals surface area contributed by atoms with Crippen molar-refractivity contribution >= 4 is 17.4 Å². The maximum absolute atomic E-state index is 11.4. The number of anilines is 1. The maximum Gasteiger partial charge on any atom is 0.319 e. The Morgan fingerprint density at radius 1 is 1.41 bits per heavy atom. The van der Waals surface area contributed by atoms with Crippen LogP contribution in [0.25, 0.3) is 0 Å². The van der Waals surface area contributed by atoms with Crippen molar-refractivity contribution in [3.8, 4) is 0 Å². The Morgan fingerprint density at radius 3 is 2.65 bits per heavy atom. The molecule has 0 heterocycles. The van der Waals surface area contributed by atoms with Gasteiger partial charge in [-0.15, -0.1) is 0 Å². The van der Waals surface area contributed by atoms with Gasteiger partial charge < -0.3 is 10.6 Å². The molecular formula is C11H15N3O3. The SMILES string of the molecule is CC(C)CNC(=O)Nc1ccccc1[N+](=O)[O-]. The number of hydrogen-bond acceptors (Lipinski definition) is 3. The lowest BCUT2D eigenvalue weighted by molar-refractivity contribution is -0.383. The molecule has 0 fully saturated rings. The van der Waals surface area contributed by atoms with Crippen molar-refractivity contribution in [3.05, 3.63) is 34.4 Å². The van der Waals surface area contributed by atoms with E-state index in [0.29, 0.717) is 12.5 Å². The first-order valence-corrected chi connectivity index (χ1v) is 5.29. The van der Waals surface area contributed by atoms with E-state index in [2.05, 4.69) is 10.6 Å². The van der Waals surface area contributed by atoms with Crippen LogP contribution in [0.4, 0.5) is 16.2 Å². The number of benzene rings is 1. The van der Waals surface area contributed by atoms with Gasteiger partial charge >= 0.3 is 6.03 Å². The smallest absolute Gasteiger partial charge is 0.319 e. The van der Waals surface area contributed by atoms with Gasteiger partial charge in [-0.05, 0) is 12.0 Å². The molecule has 2 N–H and O–H groups in total. The second kappa shape index (κ2) is 5.83. The Hall–Kier alpha value is -2.11. The van der Waals surface area contributed by atoms with Crippen LogP contribution in [0.5, 0.6) is 0 Å². The first kappa shape index (κ1) is 13.0. The van der Waals surface area contributed by atoms with E-state index in [0.717, 1.165) is 0 Å². The minimum atomic E-state index is -0.530. The monoisotopic (exact) mass is 237 g/mol. The van der Waals surface area contributed by atoms with E-state index < -0.39 is 11.0 Å². The highest BCUT2D eigenvalue weighted by molar-refractivity contribution is 5.91. The fourth-order valence-corrected chi connectivity index (χ4v) is 1.20. The second-order valence-corrected chi connectivity index (χ2v) is 4.00. The second-order valence-electron chi connectivity index (χ2n) is 4.00. The quantitative estimate of drug-likeness (QED) is 0.622. The van der Waals surface area contributed by atoms with E-state index in [4.69, 9.17) is 0 Å². The van der Waals surface area contributed by atoms with Gasteiger partial charge in [0.15, 0.2) is 0 Å². The number of hydrogen-bond donors (Lipinski definition) is 2. The van der Waals surface area contributed by atoms with Crippen LogP contribution in [0, 0.1) is 16.0 Å². The summed E-state index contributed by atoms with van der Waals surface area (Å²) in [5, 5.41) is 15.8. The Morgan fingerprint density at radius 2 is 2.06 bits per heavy atom. The third-order valence-corrected chi connectivity index (χ3v) is 2.02. The molecule has 0 saturated carbocycles. The molecule has 0 atom stereocenters. The maximum atomic E-state index is 11.4. The molecule has 1 rings (SSSR count). The fraction of sp³-hybridized carbons (Fsp3) is 0.364. The normalized spacial score (nSPS) is 10.1. The Balaban J connectivity index is 2.68. The van der Waals surface area contributed by atoms with Crippen molar-refractivity contribution in [2.24, 2.45) is 5.92 Å². The summed E-state index contributed by atoms with van der Waals surface area (Å²) in [5.74, 6) is 0.325. The predicted octanol–water partition coefficient (Wildman–Crippen LogP) is 2.37. The Labute approximate surface area is 99.2 Å². The minimum absolute atomic E-state index is 0.118. The van der Waals surface area contributed by atoms with E-state index in [1.165, 1.54) is 12.1 Å². The summed E-state index contributed by atoms with van der Waals surface area (Å²) in [7, 11) is 0. The molecule has 0 unspecified atom stereocenters. The Kier molecular flexibility index (Phi) is 4.45. The van der Waals surface area contributed by atoms with Gasteiger partial charge in [-0.1, -0.05) is 26.0 Å². The number of rotatable bonds is 4. The van der Waals surface area contributed by atoms with E-state index in [9.17, 15) is 14.9 Å². The minimum Gasteiger partial charge on any atom is -0.338 e. The summed E-state index contributed by atoms with van der Waals surface area (Å²) in [6.45, 7) is 4.45. The van der Waals surface area contributed by atoms with E-state index >= 15 is 0 Å². The number of urea groups is 1. The molecule has 1 aromatic carbocycles. The molecule has 2 amide bonds. The molecule has 0 aliphatic heterocycles. The van der Waals surface area contributed by atoms with E-state index in [1.54, 1.807) is 12.1 Å². The lowest BCUT2D eigenvalue weighted by Crippen LogP contribution is -2.31. The molecule has 0 aliphatic carbocycles. The number of nitrogens with one attached hydrogen (secondary N) is 2. The molecule has 0 radical (unpaired) electrons. The van der Waals surface area contributed by atoms with Gasteiger partial charge in [0.25, 0.3) is 5.69 Å². The van der Waals surface area contributed by atoms with Crippen LogP contribution in [0.1, 0.15) is 13.8 Å². The van der Waals surface area contributed by atoms with E-state index in [-0.39, 0.29) is 11.4 Å². The highest BCUT2D eigenvalue weighted by Gasteiger charge is 2.14. The number of nitro groups is 1. The largest absolute Gasteiger partial charge is 0.338 e. The van der Waals surface area contributed by atoms with Crippen LogP contribution >= 0.6 is 0 Å². The zero-order chi connectivity index (χ0) is 12.8. The molecule has 0 bridgehead atoms. The molecule has 0 saturated heterocycles. The molecule has 0 aliphatic rings. The Bertz CT molecular complexity index is 418. The van der Waals surface area contributed by atoms with Crippen LogP contribution in [0.3, 0.4) is 0 Å². The van der Waals surface area contributed by atoms with Gasteiger partial charge in [0, 0.05) is 12.6 Å². The summed E-state index contributed by atoms with van der Waals surface area (Å²) < 4.78 is 0. The van der Waals surface area contributed by atoms with Crippen LogP contribution in [-0.4, -0.2) is 17.5 Å². The van der Waals surface area contributed by atoms with Gasteiger partial charge in [-0.2, -0.15) is 0 Å². The summed E-state index contributed by atoms with van der Waals surface area (Å²) in [6.07, 6.45) is 0. The third kappa shape index (κ3) is 4.10. The molecule has 6 heteroatoms. The fourth-order valence-electron chi connectivity index (χ4n) is 1.20. The average Bonchev–Trinajstić information content (AvgIpc) is 2.27. The van der Waals surface area contributed by atoms with Crippen LogP contribution < -0.4 is 10.6 Å². The van der Waals surface area contributed by atoms with Gasteiger partial charge in [0.2, 0.25) is 0 Å². The van der Waals surface area contributed by atoms with Crippen molar-refractivity contribution in [2.45, 2.75) is 13.8 Å². The number of para-hydroxylation sites is 2. The zero-order valence-electron chi connectivity index (χ0n) is 9.77. The summed E-state index contributed by atoms with van der Waals surface area (Å²) in [5.41, 5.74) is 0.0750. The average molecular weight is 237 g/mol. The zero-order valence-corrected chi connectivity index (χ0v) is 9.77. The number of carbonyl (C=O) groups is 1. The van der Waals surface area contributed by atoms with Crippen molar-refractivity contribution in [1.82, 2.24) is 5.32 Å². The number of nitrogens with zero attached hydrogens (tertiary/aromatic N) is 1. The van der Waals surface area contributed by atoms with Crippen molar-refractivity contribution < 1.29 is 9.72 Å². The highest BCUT2D eigenvalue weighted by atomic mass is 16.6.